The van der Waals surface area contributed by atoms with E-state index in [2.05, 4.69) is 17.1 Å². The second kappa shape index (κ2) is 7.09. The molecule has 24 heavy (non-hydrogen) atoms. The summed E-state index contributed by atoms with van der Waals surface area (Å²) in [5.74, 6) is 1.40. The Labute approximate surface area is 141 Å². The van der Waals surface area contributed by atoms with E-state index in [1.165, 1.54) is 0 Å². The summed E-state index contributed by atoms with van der Waals surface area (Å²) in [5, 5.41) is 4.13. The zero-order chi connectivity index (χ0) is 17.1. The highest BCUT2D eigenvalue weighted by Crippen LogP contribution is 2.29. The van der Waals surface area contributed by atoms with Gasteiger partial charge in [-0.05, 0) is 25.2 Å². The van der Waals surface area contributed by atoms with Crippen molar-refractivity contribution in [2.24, 2.45) is 5.16 Å². The van der Waals surface area contributed by atoms with Gasteiger partial charge in [0, 0.05) is 38.2 Å². The lowest BCUT2D eigenvalue weighted by Crippen LogP contribution is -2.50. The van der Waals surface area contributed by atoms with Crippen molar-refractivity contribution in [1.82, 2.24) is 9.80 Å². The SMILES string of the molecule is COc1ccc(OC)c(C2=NOC(C(=O)N3CCN(C)CC3)C2)c1. The predicted octanol–water partition coefficient (Wildman–Crippen LogP) is 0.971. The number of nitrogens with zero attached hydrogens (tertiary/aromatic N) is 3. The number of benzene rings is 1. The van der Waals surface area contributed by atoms with Crippen LogP contribution >= 0.6 is 0 Å². The van der Waals surface area contributed by atoms with E-state index in [0.717, 1.165) is 31.7 Å². The maximum Gasteiger partial charge on any atom is 0.266 e. The summed E-state index contributed by atoms with van der Waals surface area (Å²) >= 11 is 0. The van der Waals surface area contributed by atoms with Crippen molar-refractivity contribution >= 4 is 11.6 Å². The third-order valence-electron chi connectivity index (χ3n) is 4.48. The van der Waals surface area contributed by atoms with Crippen LogP contribution in [-0.2, 0) is 9.63 Å². The van der Waals surface area contributed by atoms with Crippen molar-refractivity contribution in [3.8, 4) is 11.5 Å². The van der Waals surface area contributed by atoms with Crippen LogP contribution in [0.2, 0.25) is 0 Å². The zero-order valence-corrected chi connectivity index (χ0v) is 14.3. The van der Waals surface area contributed by atoms with Crippen LogP contribution < -0.4 is 9.47 Å². The maximum atomic E-state index is 12.6. The average molecular weight is 333 g/mol. The summed E-state index contributed by atoms with van der Waals surface area (Å²) in [7, 11) is 5.27. The lowest BCUT2D eigenvalue weighted by Gasteiger charge is -2.33. The van der Waals surface area contributed by atoms with Gasteiger partial charge in [-0.3, -0.25) is 4.79 Å². The third kappa shape index (κ3) is 3.31. The van der Waals surface area contributed by atoms with Crippen LogP contribution in [0.1, 0.15) is 12.0 Å². The molecule has 0 aliphatic carbocycles. The molecule has 0 bridgehead atoms. The highest BCUT2D eigenvalue weighted by atomic mass is 16.6. The number of oxime groups is 1. The molecule has 2 heterocycles. The molecule has 2 aliphatic rings. The van der Waals surface area contributed by atoms with Crippen LogP contribution in [0.4, 0.5) is 0 Å². The molecule has 1 aromatic rings. The summed E-state index contributed by atoms with van der Waals surface area (Å²) in [6.45, 7) is 3.23. The smallest absolute Gasteiger partial charge is 0.266 e. The van der Waals surface area contributed by atoms with Gasteiger partial charge < -0.3 is 24.1 Å². The number of amides is 1. The van der Waals surface area contributed by atoms with E-state index >= 15 is 0 Å². The molecule has 7 heteroatoms. The number of methoxy groups -OCH3 is 2. The van der Waals surface area contributed by atoms with Gasteiger partial charge >= 0.3 is 0 Å². The Hall–Kier alpha value is -2.28. The number of hydrogen-bond acceptors (Lipinski definition) is 6. The second-order valence-corrected chi connectivity index (χ2v) is 6.03. The van der Waals surface area contributed by atoms with Crippen LogP contribution in [0, 0.1) is 0 Å². The summed E-state index contributed by atoms with van der Waals surface area (Å²) in [5.41, 5.74) is 1.50. The number of likely N-dealkylation sites (N-methyl/N-ethyl adjacent to an activating group) is 1. The van der Waals surface area contributed by atoms with E-state index < -0.39 is 6.10 Å². The van der Waals surface area contributed by atoms with Crippen molar-refractivity contribution in [3.05, 3.63) is 23.8 Å². The van der Waals surface area contributed by atoms with Crippen LogP contribution in [0.5, 0.6) is 11.5 Å². The minimum absolute atomic E-state index is 0.00344. The first-order chi connectivity index (χ1) is 11.6. The first kappa shape index (κ1) is 16.6. The molecular formula is C17H23N3O4. The molecule has 1 saturated heterocycles. The van der Waals surface area contributed by atoms with E-state index in [0.29, 0.717) is 23.6 Å². The second-order valence-electron chi connectivity index (χ2n) is 6.03. The molecule has 0 saturated carbocycles. The lowest BCUT2D eigenvalue weighted by atomic mass is 10.0. The molecule has 3 rings (SSSR count). The fourth-order valence-electron chi connectivity index (χ4n) is 2.94. The number of carbonyl (C=O) groups is 1. The number of hydrogen-bond donors (Lipinski definition) is 0. The van der Waals surface area contributed by atoms with Crippen molar-refractivity contribution in [2.45, 2.75) is 12.5 Å². The summed E-state index contributed by atoms with van der Waals surface area (Å²) in [6, 6.07) is 5.50. The Morgan fingerprint density at radius 2 is 1.96 bits per heavy atom. The van der Waals surface area contributed by atoms with E-state index in [4.69, 9.17) is 14.3 Å². The van der Waals surface area contributed by atoms with Crippen molar-refractivity contribution in [3.63, 3.8) is 0 Å². The molecule has 0 radical (unpaired) electrons. The Kier molecular flexibility index (Phi) is 4.89. The number of rotatable bonds is 4. The summed E-state index contributed by atoms with van der Waals surface area (Å²) in [6.07, 6.45) is -0.117. The first-order valence-electron chi connectivity index (χ1n) is 8.04. The van der Waals surface area contributed by atoms with Gasteiger partial charge in [-0.1, -0.05) is 5.16 Å². The number of ether oxygens (including phenoxy) is 2. The highest BCUT2D eigenvalue weighted by molar-refractivity contribution is 6.06. The largest absolute Gasteiger partial charge is 0.497 e. The first-order valence-corrected chi connectivity index (χ1v) is 8.04. The van der Waals surface area contributed by atoms with Gasteiger partial charge in [0.1, 0.15) is 11.5 Å². The monoisotopic (exact) mass is 333 g/mol. The van der Waals surface area contributed by atoms with Gasteiger partial charge in [-0.25, -0.2) is 0 Å². The fourth-order valence-corrected chi connectivity index (χ4v) is 2.94. The number of carbonyl (C=O) groups excluding carboxylic acids is 1. The standard InChI is InChI=1S/C17H23N3O4/c1-19-6-8-20(9-7-19)17(21)16-11-14(18-24-16)13-10-12(22-2)4-5-15(13)23-3/h4-5,10,16H,6-9,11H2,1-3H3. The van der Waals surface area contributed by atoms with Crippen LogP contribution in [0.15, 0.2) is 23.4 Å². The Morgan fingerprint density at radius 1 is 1.21 bits per heavy atom. The van der Waals surface area contributed by atoms with Crippen LogP contribution in [0.25, 0.3) is 0 Å². The van der Waals surface area contributed by atoms with E-state index in [-0.39, 0.29) is 5.91 Å². The minimum Gasteiger partial charge on any atom is -0.497 e. The molecular weight excluding hydrogens is 310 g/mol. The van der Waals surface area contributed by atoms with E-state index in [9.17, 15) is 4.79 Å². The predicted molar refractivity (Wildman–Crippen MR) is 89.7 cm³/mol. The molecule has 2 aliphatic heterocycles. The van der Waals surface area contributed by atoms with Crippen LogP contribution in [-0.4, -0.2) is 75.0 Å². The molecule has 1 aromatic carbocycles. The quantitative estimate of drug-likeness (QED) is 0.822. The molecule has 1 amide bonds. The molecule has 0 N–H and O–H groups in total. The Bertz CT molecular complexity index is 639. The van der Waals surface area contributed by atoms with Gasteiger partial charge in [-0.15, -0.1) is 0 Å². The van der Waals surface area contributed by atoms with E-state index in [1.54, 1.807) is 14.2 Å². The van der Waals surface area contributed by atoms with E-state index in [1.807, 2.05) is 23.1 Å². The van der Waals surface area contributed by atoms with Crippen molar-refractivity contribution < 1.29 is 19.1 Å². The fraction of sp³-hybridized carbons (Fsp3) is 0.529. The van der Waals surface area contributed by atoms with Crippen molar-refractivity contribution in [1.29, 1.82) is 0 Å². The molecule has 1 fully saturated rings. The summed E-state index contributed by atoms with van der Waals surface area (Å²) in [4.78, 5) is 22.1. The summed E-state index contributed by atoms with van der Waals surface area (Å²) < 4.78 is 10.7. The Morgan fingerprint density at radius 3 is 2.62 bits per heavy atom. The zero-order valence-electron chi connectivity index (χ0n) is 14.3. The van der Waals surface area contributed by atoms with Gasteiger partial charge in [-0.2, -0.15) is 0 Å². The van der Waals surface area contributed by atoms with Gasteiger partial charge in [0.05, 0.1) is 19.9 Å². The molecule has 1 unspecified atom stereocenters. The van der Waals surface area contributed by atoms with Crippen LogP contribution in [0.3, 0.4) is 0 Å². The third-order valence-corrected chi connectivity index (χ3v) is 4.48. The van der Waals surface area contributed by atoms with Crippen molar-refractivity contribution in [2.75, 3.05) is 47.4 Å². The normalized spacial score (nSPS) is 21.2. The maximum absolute atomic E-state index is 12.6. The van der Waals surface area contributed by atoms with Gasteiger partial charge in [0.25, 0.3) is 5.91 Å². The topological polar surface area (TPSA) is 63.6 Å². The molecule has 7 nitrogen and oxygen atoms in total. The lowest BCUT2D eigenvalue weighted by molar-refractivity contribution is -0.143. The average Bonchev–Trinajstić information content (AvgIpc) is 3.11. The molecule has 1 atom stereocenters. The molecule has 130 valence electrons. The minimum atomic E-state index is -0.556. The molecule has 0 spiro atoms. The van der Waals surface area contributed by atoms with Gasteiger partial charge in [0.15, 0.2) is 0 Å². The number of piperazine rings is 1. The Balaban J connectivity index is 1.70. The van der Waals surface area contributed by atoms with Gasteiger partial charge in [0.2, 0.25) is 6.10 Å². The highest BCUT2D eigenvalue weighted by Gasteiger charge is 2.34. The molecule has 0 aromatic heterocycles.